The molecule has 3 aromatic rings. The van der Waals surface area contributed by atoms with Crippen molar-refractivity contribution >= 4 is 11.7 Å². The van der Waals surface area contributed by atoms with Crippen LogP contribution < -0.4 is 0 Å². The molecule has 1 fully saturated rings. The number of aromatic nitrogens is 1. The van der Waals surface area contributed by atoms with Crippen molar-refractivity contribution in [3.05, 3.63) is 93.8 Å². The van der Waals surface area contributed by atoms with Gasteiger partial charge < -0.3 is 9.88 Å². The highest BCUT2D eigenvalue weighted by Gasteiger charge is 2.32. The van der Waals surface area contributed by atoms with Gasteiger partial charge in [0.15, 0.2) is 5.78 Å². The number of halogens is 2. The van der Waals surface area contributed by atoms with E-state index in [2.05, 4.69) is 9.88 Å². The number of nitrogens with one attached hydrogen (secondary N) is 1. The van der Waals surface area contributed by atoms with Crippen molar-refractivity contribution in [3.8, 4) is 0 Å². The van der Waals surface area contributed by atoms with E-state index in [9.17, 15) is 18.4 Å². The molecule has 34 heavy (non-hydrogen) atoms. The number of amides is 1. The molecule has 0 saturated carbocycles. The first kappa shape index (κ1) is 22.5. The monoisotopic (exact) mass is 463 g/mol. The zero-order valence-corrected chi connectivity index (χ0v) is 19.1. The topological polar surface area (TPSA) is 56.4 Å². The van der Waals surface area contributed by atoms with Crippen LogP contribution in [0, 0.1) is 18.6 Å². The van der Waals surface area contributed by atoms with Crippen LogP contribution in [-0.4, -0.2) is 52.7 Å². The summed E-state index contributed by atoms with van der Waals surface area (Å²) in [7, 11) is 0. The third-order valence-corrected chi connectivity index (χ3v) is 6.99. The maximum atomic E-state index is 13.6. The largest absolute Gasteiger partial charge is 0.354 e. The predicted molar refractivity (Wildman–Crippen MR) is 125 cm³/mol. The first-order valence-corrected chi connectivity index (χ1v) is 11.7. The van der Waals surface area contributed by atoms with Crippen LogP contribution in [0.5, 0.6) is 0 Å². The van der Waals surface area contributed by atoms with E-state index in [4.69, 9.17) is 0 Å². The summed E-state index contributed by atoms with van der Waals surface area (Å²) in [6.07, 6.45) is 2.14. The van der Waals surface area contributed by atoms with Gasteiger partial charge in [-0.15, -0.1) is 0 Å². The highest BCUT2D eigenvalue weighted by Crippen LogP contribution is 2.31. The average Bonchev–Trinajstić information content (AvgIpc) is 3.19. The number of aromatic amines is 1. The minimum Gasteiger partial charge on any atom is -0.354 e. The molecule has 7 heteroatoms. The molecule has 0 unspecified atom stereocenters. The number of ketones is 1. The first-order chi connectivity index (χ1) is 16.4. The van der Waals surface area contributed by atoms with Gasteiger partial charge in [0.1, 0.15) is 17.3 Å². The van der Waals surface area contributed by atoms with E-state index in [-0.39, 0.29) is 29.4 Å². The Labute approximate surface area is 197 Å². The van der Waals surface area contributed by atoms with Crippen LogP contribution in [-0.2, 0) is 6.42 Å². The summed E-state index contributed by atoms with van der Waals surface area (Å²) in [5, 5.41) is 0. The molecule has 1 aliphatic carbocycles. The summed E-state index contributed by atoms with van der Waals surface area (Å²) in [6, 6.07) is 12.6. The summed E-state index contributed by atoms with van der Waals surface area (Å²) in [5.74, 6) is -0.584. The van der Waals surface area contributed by atoms with Gasteiger partial charge in [0.25, 0.3) is 5.91 Å². The fourth-order valence-electron chi connectivity index (χ4n) is 5.23. The summed E-state index contributed by atoms with van der Waals surface area (Å²) in [4.78, 5) is 33.0. The zero-order chi connectivity index (χ0) is 23.8. The Kier molecular flexibility index (Phi) is 6.04. The zero-order valence-electron chi connectivity index (χ0n) is 19.1. The van der Waals surface area contributed by atoms with E-state index in [1.165, 1.54) is 24.3 Å². The van der Waals surface area contributed by atoms with Gasteiger partial charge in [0.05, 0.1) is 6.04 Å². The number of Topliss-reactive ketones (excluding diaryl/α,β-unsaturated/α-hetero) is 1. The van der Waals surface area contributed by atoms with Crippen molar-refractivity contribution < 1.29 is 18.4 Å². The van der Waals surface area contributed by atoms with Crippen molar-refractivity contribution in [2.75, 3.05) is 26.2 Å². The number of rotatable bonds is 4. The molecule has 1 aromatic heterocycles. The molecule has 0 spiro atoms. The first-order valence-electron chi connectivity index (χ1n) is 11.7. The molecule has 0 bridgehead atoms. The number of aryl methyl sites for hydroxylation is 1. The van der Waals surface area contributed by atoms with Crippen LogP contribution in [0.3, 0.4) is 0 Å². The van der Waals surface area contributed by atoms with Crippen LogP contribution in [0.15, 0.2) is 48.5 Å². The van der Waals surface area contributed by atoms with Crippen molar-refractivity contribution in [3.63, 3.8) is 0 Å². The van der Waals surface area contributed by atoms with E-state index in [0.717, 1.165) is 35.2 Å². The van der Waals surface area contributed by atoms with Gasteiger partial charge in [-0.05, 0) is 60.7 Å². The molecule has 1 amide bonds. The SMILES string of the molecule is Cc1c(C(=O)N2CCN(C(c3ccc(F)cc3)c3ccc(F)cc3)CC2)[nH]c2c1C(=O)CCC2. The number of hydrogen-bond acceptors (Lipinski definition) is 3. The molecule has 176 valence electrons. The molecule has 2 aromatic carbocycles. The average molecular weight is 464 g/mol. The second-order valence-electron chi connectivity index (χ2n) is 9.09. The van der Waals surface area contributed by atoms with Crippen molar-refractivity contribution in [2.24, 2.45) is 0 Å². The molecule has 1 saturated heterocycles. The maximum Gasteiger partial charge on any atom is 0.270 e. The summed E-state index contributed by atoms with van der Waals surface area (Å²) in [6.45, 7) is 4.12. The maximum absolute atomic E-state index is 13.6. The van der Waals surface area contributed by atoms with Gasteiger partial charge in [0.2, 0.25) is 0 Å². The summed E-state index contributed by atoms with van der Waals surface area (Å²) >= 11 is 0. The van der Waals surface area contributed by atoms with Crippen molar-refractivity contribution in [2.45, 2.75) is 32.2 Å². The molecule has 5 nitrogen and oxygen atoms in total. The lowest BCUT2D eigenvalue weighted by atomic mass is 9.93. The van der Waals surface area contributed by atoms with Crippen molar-refractivity contribution in [1.82, 2.24) is 14.8 Å². The second-order valence-corrected chi connectivity index (χ2v) is 9.09. The summed E-state index contributed by atoms with van der Waals surface area (Å²) in [5.41, 5.74) is 4.67. The lowest BCUT2D eigenvalue weighted by molar-refractivity contribution is 0.0591. The highest BCUT2D eigenvalue weighted by atomic mass is 19.1. The van der Waals surface area contributed by atoms with Crippen LogP contribution in [0.4, 0.5) is 8.78 Å². The van der Waals surface area contributed by atoms with E-state index < -0.39 is 0 Å². The fourth-order valence-corrected chi connectivity index (χ4v) is 5.23. The number of hydrogen-bond donors (Lipinski definition) is 1. The number of fused-ring (bicyclic) bond motifs is 1. The third-order valence-electron chi connectivity index (χ3n) is 6.99. The number of nitrogens with zero attached hydrogens (tertiary/aromatic N) is 2. The number of piperazine rings is 1. The van der Waals surface area contributed by atoms with E-state index >= 15 is 0 Å². The van der Waals surface area contributed by atoms with Gasteiger partial charge in [-0.1, -0.05) is 24.3 Å². The van der Waals surface area contributed by atoms with E-state index in [1.807, 2.05) is 11.8 Å². The molecule has 2 heterocycles. The van der Waals surface area contributed by atoms with Crippen LogP contribution in [0.2, 0.25) is 0 Å². The third kappa shape index (κ3) is 4.16. The second kappa shape index (κ2) is 9.14. The Morgan fingerprint density at radius 1 is 0.882 bits per heavy atom. The van der Waals surface area contributed by atoms with Crippen LogP contribution in [0.1, 0.15) is 62.1 Å². The predicted octanol–water partition coefficient (Wildman–Crippen LogP) is 4.67. The smallest absolute Gasteiger partial charge is 0.270 e. The minimum absolute atomic E-state index is 0.0838. The molecular formula is C27H27F2N3O2. The molecule has 2 aliphatic rings. The Morgan fingerprint density at radius 2 is 1.44 bits per heavy atom. The molecule has 0 radical (unpaired) electrons. The van der Waals surface area contributed by atoms with Gasteiger partial charge in [-0.25, -0.2) is 8.78 Å². The Hall–Kier alpha value is -3.32. The standard InChI is InChI=1S/C27H27F2N3O2/c1-17-24-22(3-2-4-23(24)33)30-25(17)27(34)32-15-13-31(14-16-32)26(18-5-9-20(28)10-6-18)19-7-11-21(29)12-8-19/h5-12,26,30H,2-4,13-16H2,1H3. The lowest BCUT2D eigenvalue weighted by Crippen LogP contribution is -2.50. The normalized spacial score (nSPS) is 16.7. The molecule has 0 atom stereocenters. The lowest BCUT2D eigenvalue weighted by Gasteiger charge is -2.39. The van der Waals surface area contributed by atoms with Crippen molar-refractivity contribution in [1.29, 1.82) is 0 Å². The molecular weight excluding hydrogens is 436 g/mol. The van der Waals surface area contributed by atoms with Gasteiger partial charge >= 0.3 is 0 Å². The highest BCUT2D eigenvalue weighted by molar-refractivity contribution is 6.04. The Bertz CT molecular complexity index is 1160. The molecule has 1 N–H and O–H groups in total. The fraction of sp³-hybridized carbons (Fsp3) is 0.333. The van der Waals surface area contributed by atoms with E-state index in [1.54, 1.807) is 24.3 Å². The van der Waals surface area contributed by atoms with Crippen LogP contribution in [0.25, 0.3) is 0 Å². The Balaban J connectivity index is 1.35. The molecule has 5 rings (SSSR count). The van der Waals surface area contributed by atoms with Crippen LogP contribution >= 0.6 is 0 Å². The van der Waals surface area contributed by atoms with Gasteiger partial charge in [-0.2, -0.15) is 0 Å². The summed E-state index contributed by atoms with van der Waals surface area (Å²) < 4.78 is 27.1. The number of benzene rings is 2. The number of carbonyl (C=O) groups is 2. The quantitative estimate of drug-likeness (QED) is 0.612. The molecule has 1 aliphatic heterocycles. The Morgan fingerprint density at radius 3 is 1.97 bits per heavy atom. The van der Waals surface area contributed by atoms with Gasteiger partial charge in [-0.3, -0.25) is 14.5 Å². The number of carbonyl (C=O) groups excluding carboxylic acids is 2. The number of H-pyrrole nitrogens is 1. The minimum atomic E-state index is -0.306. The van der Waals surface area contributed by atoms with Gasteiger partial charge in [0, 0.05) is 43.9 Å². The van der Waals surface area contributed by atoms with E-state index in [0.29, 0.717) is 43.9 Å².